The predicted molar refractivity (Wildman–Crippen MR) is 254 cm³/mol. The van der Waals surface area contributed by atoms with Crippen molar-refractivity contribution in [3.05, 3.63) is 157 Å². The first-order valence-electron chi connectivity index (χ1n) is 20.1. The molecule has 0 atom stereocenters. The number of rotatable bonds is 3. The molecular formula is C54H42N2S2. The number of thiophene rings is 2. The Morgan fingerprint density at radius 2 is 0.862 bits per heavy atom. The molecule has 8 aromatic carbocycles. The van der Waals surface area contributed by atoms with E-state index in [0.717, 1.165) is 33.1 Å². The molecule has 3 aromatic heterocycles. The quantitative estimate of drug-likeness (QED) is 0.167. The first kappa shape index (κ1) is 35.2. The van der Waals surface area contributed by atoms with Gasteiger partial charge in [0.1, 0.15) is 0 Å². The highest BCUT2D eigenvalue weighted by Crippen LogP contribution is 2.45. The van der Waals surface area contributed by atoms with E-state index in [9.17, 15) is 0 Å². The van der Waals surface area contributed by atoms with Crippen molar-refractivity contribution in [1.82, 2.24) is 9.97 Å². The topological polar surface area (TPSA) is 25.8 Å². The molecule has 3 heterocycles. The van der Waals surface area contributed by atoms with Crippen LogP contribution >= 0.6 is 22.7 Å². The summed E-state index contributed by atoms with van der Waals surface area (Å²) in [5, 5.41) is 9.95. The van der Waals surface area contributed by atoms with Crippen molar-refractivity contribution >= 4 is 95.6 Å². The van der Waals surface area contributed by atoms with E-state index in [0.29, 0.717) is 0 Å². The largest absolute Gasteiger partial charge is 0.252 e. The normalized spacial score (nSPS) is 12.7. The van der Waals surface area contributed by atoms with Crippen LogP contribution in [0.4, 0.5) is 0 Å². The summed E-state index contributed by atoms with van der Waals surface area (Å²) in [5.74, 6) is 0. The maximum absolute atomic E-state index is 5.59. The number of benzene rings is 8. The van der Waals surface area contributed by atoms with Gasteiger partial charge < -0.3 is 0 Å². The highest BCUT2D eigenvalue weighted by molar-refractivity contribution is 7.26. The van der Waals surface area contributed by atoms with Gasteiger partial charge in [0.15, 0.2) is 0 Å². The van der Waals surface area contributed by atoms with E-state index in [4.69, 9.17) is 9.97 Å². The molecule has 58 heavy (non-hydrogen) atoms. The van der Waals surface area contributed by atoms with Gasteiger partial charge in [0.25, 0.3) is 0 Å². The third kappa shape index (κ3) is 5.57. The number of fused-ring (bicyclic) bond motifs is 12. The zero-order chi connectivity index (χ0) is 39.5. The Kier molecular flexibility index (Phi) is 7.77. The molecule has 0 amide bonds. The van der Waals surface area contributed by atoms with Crippen LogP contribution in [0.3, 0.4) is 0 Å². The zero-order valence-electron chi connectivity index (χ0n) is 33.6. The van der Waals surface area contributed by atoms with Gasteiger partial charge in [0.05, 0.1) is 22.9 Å². The average Bonchev–Trinajstić information content (AvgIpc) is 3.81. The van der Waals surface area contributed by atoms with Crippen LogP contribution in [-0.2, 0) is 10.8 Å². The van der Waals surface area contributed by atoms with Crippen molar-refractivity contribution in [3.63, 3.8) is 0 Å². The Hall–Kier alpha value is -5.94. The molecule has 0 radical (unpaired) electrons. The maximum atomic E-state index is 5.59. The Balaban J connectivity index is 1.19. The minimum Gasteiger partial charge on any atom is -0.252 e. The summed E-state index contributed by atoms with van der Waals surface area (Å²) in [5.41, 5.74) is 11.3. The molecule has 11 rings (SSSR count). The Morgan fingerprint density at radius 3 is 1.38 bits per heavy atom. The summed E-state index contributed by atoms with van der Waals surface area (Å²) in [7, 11) is 0. The lowest BCUT2D eigenvalue weighted by atomic mass is 9.83. The van der Waals surface area contributed by atoms with Crippen LogP contribution in [-0.4, -0.2) is 9.97 Å². The summed E-state index contributed by atoms with van der Waals surface area (Å²) in [6.45, 7) is 13.7. The molecule has 0 N–H and O–H groups in total. The number of hydrogen-bond donors (Lipinski definition) is 0. The fourth-order valence-corrected chi connectivity index (χ4v) is 11.3. The molecule has 0 unspecified atom stereocenters. The highest BCUT2D eigenvalue weighted by Gasteiger charge is 2.22. The Morgan fingerprint density at radius 1 is 0.397 bits per heavy atom. The van der Waals surface area contributed by atoms with Gasteiger partial charge in [-0.05, 0) is 97.4 Å². The van der Waals surface area contributed by atoms with Crippen molar-refractivity contribution in [2.45, 2.75) is 52.4 Å². The van der Waals surface area contributed by atoms with E-state index < -0.39 is 0 Å². The van der Waals surface area contributed by atoms with Crippen molar-refractivity contribution in [2.24, 2.45) is 0 Å². The van der Waals surface area contributed by atoms with Crippen LogP contribution < -0.4 is 0 Å². The highest BCUT2D eigenvalue weighted by atomic mass is 32.1. The number of nitrogens with zero attached hydrogens (tertiary/aromatic N) is 2. The van der Waals surface area contributed by atoms with Gasteiger partial charge >= 0.3 is 0 Å². The fourth-order valence-electron chi connectivity index (χ4n) is 8.83. The summed E-state index contributed by atoms with van der Waals surface area (Å²) in [4.78, 5) is 10.9. The smallest absolute Gasteiger partial charge is 0.0979 e. The van der Waals surface area contributed by atoms with Crippen LogP contribution in [0.1, 0.15) is 52.7 Å². The molecule has 11 aromatic rings. The summed E-state index contributed by atoms with van der Waals surface area (Å²) in [6, 6.07) is 52.0. The van der Waals surface area contributed by atoms with Crippen LogP contribution in [0.15, 0.2) is 146 Å². The molecule has 0 fully saturated rings. The first-order valence-corrected chi connectivity index (χ1v) is 21.8. The van der Waals surface area contributed by atoms with Crippen molar-refractivity contribution < 1.29 is 0 Å². The van der Waals surface area contributed by atoms with Gasteiger partial charge in [-0.15, -0.1) is 22.7 Å². The van der Waals surface area contributed by atoms with E-state index in [1.807, 2.05) is 28.9 Å². The van der Waals surface area contributed by atoms with E-state index >= 15 is 0 Å². The molecule has 4 heteroatoms. The van der Waals surface area contributed by atoms with E-state index in [2.05, 4.69) is 181 Å². The van der Waals surface area contributed by atoms with Crippen LogP contribution in [0.5, 0.6) is 0 Å². The Bertz CT molecular complexity index is 3350. The van der Waals surface area contributed by atoms with Crippen molar-refractivity contribution in [3.8, 4) is 33.5 Å². The zero-order valence-corrected chi connectivity index (χ0v) is 35.2. The van der Waals surface area contributed by atoms with Crippen molar-refractivity contribution in [1.29, 1.82) is 0 Å². The summed E-state index contributed by atoms with van der Waals surface area (Å²) >= 11 is 3.75. The lowest BCUT2D eigenvalue weighted by Gasteiger charge is -2.22. The first-order chi connectivity index (χ1) is 28.0. The third-order valence-corrected chi connectivity index (χ3v) is 14.4. The van der Waals surface area contributed by atoms with E-state index in [1.165, 1.54) is 84.5 Å². The fraction of sp³-hybridized carbons (Fsp3) is 0.148. The molecule has 0 aliphatic rings. The molecule has 0 saturated heterocycles. The number of hydrogen-bond acceptors (Lipinski definition) is 4. The third-order valence-electron chi connectivity index (χ3n) is 12.0. The molecule has 0 bridgehead atoms. The molecule has 0 spiro atoms. The molecular weight excluding hydrogens is 741 g/mol. The lowest BCUT2D eigenvalue weighted by molar-refractivity contribution is 0.590. The molecule has 280 valence electrons. The van der Waals surface area contributed by atoms with Gasteiger partial charge in [0, 0.05) is 56.7 Å². The predicted octanol–water partition coefficient (Wildman–Crippen LogP) is 16.3. The second-order valence-electron chi connectivity index (χ2n) is 17.8. The van der Waals surface area contributed by atoms with Gasteiger partial charge in [-0.25, -0.2) is 4.98 Å². The van der Waals surface area contributed by atoms with Gasteiger partial charge in [0.2, 0.25) is 0 Å². The van der Waals surface area contributed by atoms with Gasteiger partial charge in [-0.2, -0.15) is 0 Å². The van der Waals surface area contributed by atoms with Crippen LogP contribution in [0.2, 0.25) is 0 Å². The maximum Gasteiger partial charge on any atom is 0.0979 e. The van der Waals surface area contributed by atoms with Gasteiger partial charge in [-0.1, -0.05) is 139 Å². The van der Waals surface area contributed by atoms with Crippen molar-refractivity contribution in [2.75, 3.05) is 0 Å². The SMILES string of the molecule is CC(C)(C)c1ccc2c(c1)c1cc(C(C)(C)C)ccc1c1nc(-c3cc(-c4cccc5c4sc4ccccc45)cc(-c4cccc5c4sc4ccccc45)c3)cnc21. The molecule has 0 saturated carbocycles. The molecule has 2 nitrogen and oxygen atoms in total. The lowest BCUT2D eigenvalue weighted by Crippen LogP contribution is -2.11. The van der Waals surface area contributed by atoms with Crippen LogP contribution in [0.25, 0.3) is 106 Å². The summed E-state index contributed by atoms with van der Waals surface area (Å²) < 4.78 is 5.22. The van der Waals surface area contributed by atoms with E-state index in [-0.39, 0.29) is 10.8 Å². The molecule has 0 aliphatic heterocycles. The number of aromatic nitrogens is 2. The average molecular weight is 783 g/mol. The minimum absolute atomic E-state index is 0.00993. The second-order valence-corrected chi connectivity index (χ2v) is 19.9. The van der Waals surface area contributed by atoms with Crippen LogP contribution in [0, 0.1) is 0 Å². The second kappa shape index (κ2) is 12.8. The standard InChI is InChI=1S/C54H42N2S2/c1-53(2,3)34-21-23-40-44(28-34)45-29-35(54(4,5)6)22-24-41(45)50-49(40)55-30-46(56-50)33-26-31(36-15-11-17-42-38-13-7-9-19-47(38)57-51(36)42)25-32(27-33)37-16-12-18-43-39-14-8-10-20-48(39)58-52(37)43/h7-30H,1-6H3. The van der Waals surface area contributed by atoms with Gasteiger partial charge in [-0.3, -0.25) is 4.98 Å². The minimum atomic E-state index is 0.00993. The van der Waals surface area contributed by atoms with E-state index in [1.54, 1.807) is 0 Å². The molecule has 0 aliphatic carbocycles. The Labute approximate surface area is 346 Å². The summed E-state index contributed by atoms with van der Waals surface area (Å²) in [6.07, 6.45) is 2.00. The monoisotopic (exact) mass is 782 g/mol.